The zero-order valence-electron chi connectivity index (χ0n) is 10.5. The molecule has 3 heteroatoms. The Morgan fingerprint density at radius 3 is 2.47 bits per heavy atom. The van der Waals surface area contributed by atoms with Gasteiger partial charge in [0.25, 0.3) is 0 Å². The molecule has 0 saturated carbocycles. The van der Waals surface area contributed by atoms with Crippen LogP contribution in [0, 0.1) is 11.3 Å². The van der Waals surface area contributed by atoms with E-state index in [1.807, 2.05) is 17.8 Å². The van der Waals surface area contributed by atoms with Gasteiger partial charge in [-0.2, -0.15) is 5.10 Å². The lowest BCUT2D eigenvalue weighted by atomic mass is 9.78. The first-order chi connectivity index (χ1) is 6.82. The SMILES string of the molecule is CC(CC(N)c1ccnn1C)C(C)(C)C. The van der Waals surface area contributed by atoms with Crippen molar-refractivity contribution in [1.29, 1.82) is 0 Å². The van der Waals surface area contributed by atoms with E-state index in [-0.39, 0.29) is 6.04 Å². The topological polar surface area (TPSA) is 43.8 Å². The minimum Gasteiger partial charge on any atom is -0.323 e. The molecule has 0 radical (unpaired) electrons. The maximum atomic E-state index is 6.18. The van der Waals surface area contributed by atoms with Crippen LogP contribution < -0.4 is 5.73 Å². The number of nitrogens with two attached hydrogens (primary N) is 1. The van der Waals surface area contributed by atoms with Crippen molar-refractivity contribution in [2.75, 3.05) is 0 Å². The minimum absolute atomic E-state index is 0.0896. The van der Waals surface area contributed by atoms with Gasteiger partial charge < -0.3 is 5.73 Å². The Kier molecular flexibility index (Phi) is 3.55. The zero-order valence-corrected chi connectivity index (χ0v) is 10.5. The lowest BCUT2D eigenvalue weighted by Gasteiger charge is -2.29. The molecule has 0 saturated heterocycles. The summed E-state index contributed by atoms with van der Waals surface area (Å²) in [7, 11) is 1.94. The third kappa shape index (κ3) is 3.06. The summed E-state index contributed by atoms with van der Waals surface area (Å²) in [4.78, 5) is 0. The molecule has 0 aliphatic heterocycles. The van der Waals surface area contributed by atoms with Gasteiger partial charge in [-0.05, 0) is 23.8 Å². The maximum Gasteiger partial charge on any atom is 0.0548 e. The normalized spacial score (nSPS) is 16.4. The molecule has 0 aromatic carbocycles. The van der Waals surface area contributed by atoms with Crippen molar-refractivity contribution in [3.63, 3.8) is 0 Å². The van der Waals surface area contributed by atoms with E-state index in [4.69, 9.17) is 5.73 Å². The summed E-state index contributed by atoms with van der Waals surface area (Å²) in [5, 5.41) is 4.14. The van der Waals surface area contributed by atoms with E-state index in [1.54, 1.807) is 6.20 Å². The zero-order chi connectivity index (χ0) is 11.6. The van der Waals surface area contributed by atoms with E-state index in [0.717, 1.165) is 12.1 Å². The standard InChI is InChI=1S/C12H23N3/c1-9(12(2,3)4)8-10(13)11-6-7-14-15(11)5/h6-7,9-10H,8,13H2,1-5H3. The molecule has 3 nitrogen and oxygen atoms in total. The average Bonchev–Trinajstić information content (AvgIpc) is 2.49. The summed E-state index contributed by atoms with van der Waals surface area (Å²) in [5.41, 5.74) is 7.61. The molecule has 86 valence electrons. The van der Waals surface area contributed by atoms with Crippen molar-refractivity contribution < 1.29 is 0 Å². The average molecular weight is 209 g/mol. The first kappa shape index (κ1) is 12.2. The van der Waals surface area contributed by atoms with Crippen LogP contribution in [0.3, 0.4) is 0 Å². The highest BCUT2D eigenvalue weighted by atomic mass is 15.3. The van der Waals surface area contributed by atoms with E-state index in [9.17, 15) is 0 Å². The summed E-state index contributed by atoms with van der Waals surface area (Å²) < 4.78 is 1.86. The van der Waals surface area contributed by atoms with Crippen LogP contribution in [0.15, 0.2) is 12.3 Å². The monoisotopic (exact) mass is 209 g/mol. The number of hydrogen-bond acceptors (Lipinski definition) is 2. The third-order valence-electron chi connectivity index (χ3n) is 3.32. The van der Waals surface area contributed by atoms with E-state index >= 15 is 0 Å². The molecule has 1 aromatic heterocycles. The molecule has 0 fully saturated rings. The Bertz CT molecular complexity index is 309. The predicted octanol–water partition coefficient (Wildman–Crippen LogP) is 2.49. The van der Waals surface area contributed by atoms with Gasteiger partial charge in [-0.15, -0.1) is 0 Å². The Morgan fingerprint density at radius 1 is 1.47 bits per heavy atom. The Hall–Kier alpha value is -0.830. The van der Waals surface area contributed by atoms with Crippen molar-refractivity contribution in [1.82, 2.24) is 9.78 Å². The molecule has 1 rings (SSSR count). The second kappa shape index (κ2) is 4.35. The molecule has 2 N–H and O–H groups in total. The molecule has 2 unspecified atom stereocenters. The number of aryl methyl sites for hydroxylation is 1. The summed E-state index contributed by atoms with van der Waals surface area (Å²) >= 11 is 0. The van der Waals surface area contributed by atoms with E-state index in [2.05, 4.69) is 32.8 Å². The van der Waals surface area contributed by atoms with Crippen LogP contribution in [0.4, 0.5) is 0 Å². The number of hydrogen-bond donors (Lipinski definition) is 1. The molecule has 2 atom stereocenters. The number of rotatable bonds is 3. The van der Waals surface area contributed by atoms with Crippen LogP contribution in [0.5, 0.6) is 0 Å². The Labute approximate surface area is 92.7 Å². The summed E-state index contributed by atoms with van der Waals surface area (Å²) in [6.45, 7) is 9.03. The molecule has 0 aliphatic carbocycles. The quantitative estimate of drug-likeness (QED) is 0.831. The third-order valence-corrected chi connectivity index (χ3v) is 3.32. The fourth-order valence-corrected chi connectivity index (χ4v) is 1.60. The van der Waals surface area contributed by atoms with E-state index < -0.39 is 0 Å². The predicted molar refractivity (Wildman–Crippen MR) is 63.4 cm³/mol. The number of nitrogens with zero attached hydrogens (tertiary/aromatic N) is 2. The first-order valence-electron chi connectivity index (χ1n) is 5.56. The number of aromatic nitrogens is 2. The molecule has 0 amide bonds. The van der Waals surface area contributed by atoms with Crippen LogP contribution in [-0.4, -0.2) is 9.78 Å². The summed E-state index contributed by atoms with van der Waals surface area (Å²) in [5.74, 6) is 0.599. The van der Waals surface area contributed by atoms with Crippen LogP contribution in [0.2, 0.25) is 0 Å². The van der Waals surface area contributed by atoms with Gasteiger partial charge in [-0.1, -0.05) is 27.7 Å². The molecule has 1 heterocycles. The van der Waals surface area contributed by atoms with Gasteiger partial charge in [0.2, 0.25) is 0 Å². The van der Waals surface area contributed by atoms with Crippen LogP contribution in [0.1, 0.15) is 45.9 Å². The molecule has 1 aromatic rings. The van der Waals surface area contributed by atoms with E-state index in [0.29, 0.717) is 11.3 Å². The lowest BCUT2D eigenvalue weighted by molar-refractivity contribution is 0.232. The van der Waals surface area contributed by atoms with Crippen LogP contribution >= 0.6 is 0 Å². The fraction of sp³-hybridized carbons (Fsp3) is 0.750. The van der Waals surface area contributed by atoms with Crippen molar-refractivity contribution in [2.24, 2.45) is 24.1 Å². The second-order valence-electron chi connectivity index (χ2n) is 5.49. The van der Waals surface area contributed by atoms with Gasteiger partial charge in [-0.25, -0.2) is 0 Å². The largest absolute Gasteiger partial charge is 0.323 e. The minimum atomic E-state index is 0.0896. The lowest BCUT2D eigenvalue weighted by Crippen LogP contribution is -2.24. The second-order valence-corrected chi connectivity index (χ2v) is 5.49. The molecule has 15 heavy (non-hydrogen) atoms. The van der Waals surface area contributed by atoms with Gasteiger partial charge >= 0.3 is 0 Å². The van der Waals surface area contributed by atoms with Crippen molar-refractivity contribution in [2.45, 2.75) is 40.2 Å². The molecule has 0 aliphatic rings. The highest BCUT2D eigenvalue weighted by molar-refractivity contribution is 5.06. The van der Waals surface area contributed by atoms with Gasteiger partial charge in [0.05, 0.1) is 5.69 Å². The van der Waals surface area contributed by atoms with Crippen molar-refractivity contribution in [3.8, 4) is 0 Å². The van der Waals surface area contributed by atoms with Crippen LogP contribution in [0.25, 0.3) is 0 Å². The van der Waals surface area contributed by atoms with E-state index in [1.165, 1.54) is 0 Å². The highest BCUT2D eigenvalue weighted by Gasteiger charge is 2.23. The maximum absolute atomic E-state index is 6.18. The highest BCUT2D eigenvalue weighted by Crippen LogP contribution is 2.31. The van der Waals surface area contributed by atoms with Crippen molar-refractivity contribution in [3.05, 3.63) is 18.0 Å². The summed E-state index contributed by atoms with van der Waals surface area (Å²) in [6.07, 6.45) is 2.81. The summed E-state index contributed by atoms with van der Waals surface area (Å²) in [6, 6.07) is 2.09. The smallest absolute Gasteiger partial charge is 0.0548 e. The molecule has 0 spiro atoms. The van der Waals surface area contributed by atoms with Gasteiger partial charge in [0.15, 0.2) is 0 Å². The molecular weight excluding hydrogens is 186 g/mol. The molecular formula is C12H23N3. The van der Waals surface area contributed by atoms with Gasteiger partial charge in [-0.3, -0.25) is 4.68 Å². The fourth-order valence-electron chi connectivity index (χ4n) is 1.60. The van der Waals surface area contributed by atoms with Gasteiger partial charge in [0.1, 0.15) is 0 Å². The van der Waals surface area contributed by atoms with Crippen molar-refractivity contribution >= 4 is 0 Å². The van der Waals surface area contributed by atoms with Crippen LogP contribution in [-0.2, 0) is 7.05 Å². The Balaban J connectivity index is 2.64. The molecule has 0 bridgehead atoms. The van der Waals surface area contributed by atoms with Gasteiger partial charge in [0, 0.05) is 19.3 Å². The Morgan fingerprint density at radius 2 is 2.07 bits per heavy atom. The first-order valence-corrected chi connectivity index (χ1v) is 5.56.